The minimum atomic E-state index is -0.867. The molecule has 0 fully saturated rings. The van der Waals surface area contributed by atoms with Crippen molar-refractivity contribution >= 4 is 12.0 Å². The highest BCUT2D eigenvalue weighted by atomic mass is 16.4. The predicted molar refractivity (Wildman–Crippen MR) is 99.7 cm³/mol. The molecular formula is C20H25N3O3. The van der Waals surface area contributed by atoms with Crippen LogP contribution in [0.2, 0.25) is 0 Å². The van der Waals surface area contributed by atoms with Crippen LogP contribution >= 0.6 is 0 Å². The summed E-state index contributed by atoms with van der Waals surface area (Å²) in [7, 11) is 0. The first-order valence-electron chi connectivity index (χ1n) is 8.81. The second-order valence-corrected chi connectivity index (χ2v) is 6.18. The maximum absolute atomic E-state index is 12.4. The van der Waals surface area contributed by atoms with E-state index in [1.54, 1.807) is 12.4 Å². The third-order valence-electron chi connectivity index (χ3n) is 4.19. The average Bonchev–Trinajstić information content (AvgIpc) is 2.65. The van der Waals surface area contributed by atoms with Crippen molar-refractivity contribution in [1.82, 2.24) is 15.6 Å². The van der Waals surface area contributed by atoms with E-state index in [9.17, 15) is 9.59 Å². The first kappa shape index (κ1) is 19.4. The number of amides is 2. The zero-order valence-electron chi connectivity index (χ0n) is 14.9. The van der Waals surface area contributed by atoms with E-state index >= 15 is 0 Å². The van der Waals surface area contributed by atoms with E-state index in [-0.39, 0.29) is 24.5 Å². The lowest BCUT2D eigenvalue weighted by Gasteiger charge is -2.22. The molecule has 138 valence electrons. The molecule has 26 heavy (non-hydrogen) atoms. The van der Waals surface area contributed by atoms with Crippen molar-refractivity contribution < 1.29 is 14.7 Å². The maximum atomic E-state index is 12.4. The van der Waals surface area contributed by atoms with Gasteiger partial charge in [-0.25, -0.2) is 4.79 Å². The van der Waals surface area contributed by atoms with Gasteiger partial charge in [0, 0.05) is 24.9 Å². The largest absolute Gasteiger partial charge is 0.481 e. The van der Waals surface area contributed by atoms with Gasteiger partial charge in [0.2, 0.25) is 0 Å². The summed E-state index contributed by atoms with van der Waals surface area (Å²) in [6, 6.07) is 12.8. The van der Waals surface area contributed by atoms with Crippen molar-refractivity contribution in [2.24, 2.45) is 0 Å². The fourth-order valence-corrected chi connectivity index (χ4v) is 2.82. The molecule has 3 N–H and O–H groups in total. The quantitative estimate of drug-likeness (QED) is 0.643. The van der Waals surface area contributed by atoms with Gasteiger partial charge in [-0.1, -0.05) is 37.3 Å². The Morgan fingerprint density at radius 2 is 1.77 bits per heavy atom. The Balaban J connectivity index is 1.98. The van der Waals surface area contributed by atoms with Crippen LogP contribution in [0, 0.1) is 0 Å². The number of carbonyl (C=O) groups is 2. The SMILES string of the molecule is CCC(NC(=O)NC(CCC(=O)O)Cc1ccccc1)c1ccncc1. The van der Waals surface area contributed by atoms with E-state index in [0.29, 0.717) is 12.8 Å². The van der Waals surface area contributed by atoms with Crippen molar-refractivity contribution in [3.05, 3.63) is 66.0 Å². The number of nitrogens with zero attached hydrogens (tertiary/aromatic N) is 1. The van der Waals surface area contributed by atoms with Crippen LogP contribution in [0.25, 0.3) is 0 Å². The van der Waals surface area contributed by atoms with Gasteiger partial charge in [0.25, 0.3) is 0 Å². The smallest absolute Gasteiger partial charge is 0.315 e. The first-order chi connectivity index (χ1) is 12.6. The number of urea groups is 1. The van der Waals surface area contributed by atoms with E-state index in [0.717, 1.165) is 17.5 Å². The molecule has 2 rings (SSSR count). The summed E-state index contributed by atoms with van der Waals surface area (Å²) in [6.45, 7) is 2.00. The Morgan fingerprint density at radius 1 is 1.08 bits per heavy atom. The van der Waals surface area contributed by atoms with Crippen molar-refractivity contribution in [3.63, 3.8) is 0 Å². The third kappa shape index (κ3) is 6.55. The van der Waals surface area contributed by atoms with Crippen LogP contribution in [-0.4, -0.2) is 28.1 Å². The van der Waals surface area contributed by atoms with Gasteiger partial charge in [0.05, 0.1) is 6.04 Å². The van der Waals surface area contributed by atoms with Crippen LogP contribution < -0.4 is 10.6 Å². The summed E-state index contributed by atoms with van der Waals surface area (Å²) >= 11 is 0. The monoisotopic (exact) mass is 355 g/mol. The number of pyridine rings is 1. The normalized spacial score (nSPS) is 12.8. The van der Waals surface area contributed by atoms with Crippen molar-refractivity contribution in [1.29, 1.82) is 0 Å². The van der Waals surface area contributed by atoms with Crippen LogP contribution in [-0.2, 0) is 11.2 Å². The highest BCUT2D eigenvalue weighted by Gasteiger charge is 2.17. The third-order valence-corrected chi connectivity index (χ3v) is 4.19. The Labute approximate surface area is 153 Å². The zero-order chi connectivity index (χ0) is 18.8. The highest BCUT2D eigenvalue weighted by Crippen LogP contribution is 2.15. The Hall–Kier alpha value is -2.89. The molecule has 0 aliphatic carbocycles. The van der Waals surface area contributed by atoms with Gasteiger partial charge in [-0.05, 0) is 42.5 Å². The second-order valence-electron chi connectivity index (χ2n) is 6.18. The minimum Gasteiger partial charge on any atom is -0.481 e. The van der Waals surface area contributed by atoms with E-state index < -0.39 is 5.97 Å². The molecule has 6 nitrogen and oxygen atoms in total. The van der Waals surface area contributed by atoms with Gasteiger partial charge in [-0.2, -0.15) is 0 Å². The van der Waals surface area contributed by atoms with E-state index in [4.69, 9.17) is 5.11 Å². The van der Waals surface area contributed by atoms with Crippen molar-refractivity contribution in [3.8, 4) is 0 Å². The van der Waals surface area contributed by atoms with Crippen molar-refractivity contribution in [2.75, 3.05) is 0 Å². The molecule has 1 aromatic carbocycles. The summed E-state index contributed by atoms with van der Waals surface area (Å²) in [5, 5.41) is 14.8. The van der Waals surface area contributed by atoms with E-state index in [1.807, 2.05) is 49.4 Å². The van der Waals surface area contributed by atoms with Gasteiger partial charge < -0.3 is 15.7 Å². The molecule has 0 aliphatic rings. The van der Waals surface area contributed by atoms with Crippen LogP contribution in [0.3, 0.4) is 0 Å². The number of carbonyl (C=O) groups excluding carboxylic acids is 1. The first-order valence-corrected chi connectivity index (χ1v) is 8.81. The molecule has 2 amide bonds. The number of aromatic nitrogens is 1. The Kier molecular flexibility index (Phi) is 7.61. The van der Waals surface area contributed by atoms with Gasteiger partial charge >= 0.3 is 12.0 Å². The topological polar surface area (TPSA) is 91.3 Å². The fraction of sp³-hybridized carbons (Fsp3) is 0.350. The summed E-state index contributed by atoms with van der Waals surface area (Å²) in [4.78, 5) is 27.4. The maximum Gasteiger partial charge on any atom is 0.315 e. The highest BCUT2D eigenvalue weighted by molar-refractivity contribution is 5.75. The van der Waals surface area contributed by atoms with Gasteiger partial charge in [0.1, 0.15) is 0 Å². The number of aliphatic carboxylic acids is 1. The number of carboxylic acid groups (broad SMARTS) is 1. The van der Waals surface area contributed by atoms with Gasteiger partial charge in [-0.15, -0.1) is 0 Å². The standard InChI is InChI=1S/C20H25N3O3/c1-2-18(16-10-12-21-13-11-16)23-20(26)22-17(8-9-19(24)25)14-15-6-4-3-5-7-15/h3-7,10-13,17-18H,2,8-9,14H2,1H3,(H,24,25)(H2,22,23,26). The molecule has 0 radical (unpaired) electrons. The van der Waals surface area contributed by atoms with E-state index in [2.05, 4.69) is 15.6 Å². The number of hydrogen-bond acceptors (Lipinski definition) is 3. The second kappa shape index (κ2) is 10.2. The number of hydrogen-bond donors (Lipinski definition) is 3. The summed E-state index contributed by atoms with van der Waals surface area (Å²) < 4.78 is 0. The minimum absolute atomic E-state index is 0.0132. The lowest BCUT2D eigenvalue weighted by Crippen LogP contribution is -2.44. The summed E-state index contributed by atoms with van der Waals surface area (Å²) in [5.74, 6) is -0.867. The molecule has 2 aromatic rings. The number of rotatable bonds is 9. The molecular weight excluding hydrogens is 330 g/mol. The van der Waals surface area contributed by atoms with Gasteiger partial charge in [0.15, 0.2) is 0 Å². The molecule has 1 aromatic heterocycles. The Bertz CT molecular complexity index is 692. The number of carboxylic acids is 1. The predicted octanol–water partition coefficient (Wildman–Crippen LogP) is 3.31. The van der Waals surface area contributed by atoms with Crippen molar-refractivity contribution in [2.45, 2.75) is 44.7 Å². The average molecular weight is 355 g/mol. The molecule has 0 spiro atoms. The van der Waals surface area contributed by atoms with Gasteiger partial charge in [-0.3, -0.25) is 9.78 Å². The van der Waals surface area contributed by atoms with Crippen LogP contribution in [0.5, 0.6) is 0 Å². The molecule has 0 saturated carbocycles. The number of benzene rings is 1. The molecule has 1 heterocycles. The molecule has 6 heteroatoms. The Morgan fingerprint density at radius 3 is 2.38 bits per heavy atom. The molecule has 0 aliphatic heterocycles. The van der Waals surface area contributed by atoms with Crippen LogP contribution in [0.1, 0.15) is 43.4 Å². The van der Waals surface area contributed by atoms with E-state index in [1.165, 1.54) is 0 Å². The molecule has 0 saturated heterocycles. The molecule has 0 bridgehead atoms. The van der Waals surface area contributed by atoms with Crippen LogP contribution in [0.4, 0.5) is 4.79 Å². The fourth-order valence-electron chi connectivity index (χ4n) is 2.82. The molecule has 2 atom stereocenters. The zero-order valence-corrected chi connectivity index (χ0v) is 14.9. The number of nitrogens with one attached hydrogen (secondary N) is 2. The lowest BCUT2D eigenvalue weighted by atomic mass is 10.0. The summed E-state index contributed by atoms with van der Waals surface area (Å²) in [6.07, 6.45) is 5.12. The molecule has 2 unspecified atom stereocenters. The summed E-state index contributed by atoms with van der Waals surface area (Å²) in [5.41, 5.74) is 2.05. The van der Waals surface area contributed by atoms with Crippen LogP contribution in [0.15, 0.2) is 54.9 Å². The lowest BCUT2D eigenvalue weighted by molar-refractivity contribution is -0.137.